The lowest BCUT2D eigenvalue weighted by atomic mass is 10.1. The Hall–Kier alpha value is -2.47. The number of nitrogens with zero attached hydrogens (tertiary/aromatic N) is 3. The summed E-state index contributed by atoms with van der Waals surface area (Å²) in [6, 6.07) is 12.3. The Labute approximate surface area is 163 Å². The molecule has 0 saturated carbocycles. The van der Waals surface area contributed by atoms with Crippen molar-refractivity contribution in [1.29, 1.82) is 0 Å². The van der Waals surface area contributed by atoms with Gasteiger partial charge in [0.25, 0.3) is 0 Å². The van der Waals surface area contributed by atoms with Crippen LogP contribution in [0.5, 0.6) is 0 Å². The van der Waals surface area contributed by atoms with E-state index >= 15 is 0 Å². The van der Waals surface area contributed by atoms with Crippen molar-refractivity contribution >= 4 is 29.1 Å². The number of rotatable bonds is 5. The van der Waals surface area contributed by atoms with Crippen LogP contribution < -0.4 is 0 Å². The fourth-order valence-electron chi connectivity index (χ4n) is 2.87. The molecule has 1 heterocycles. The number of benzene rings is 2. The number of hydrogen-bond donors (Lipinski definition) is 0. The van der Waals surface area contributed by atoms with Crippen LogP contribution in [-0.2, 0) is 11.3 Å². The van der Waals surface area contributed by atoms with Crippen LogP contribution in [0.4, 0.5) is 4.39 Å². The Morgan fingerprint density at radius 2 is 1.93 bits per heavy atom. The second-order valence-electron chi connectivity index (χ2n) is 6.55. The molecule has 1 amide bonds. The minimum absolute atomic E-state index is 0.0206. The minimum Gasteiger partial charge on any atom is -0.284 e. The fourth-order valence-corrected chi connectivity index (χ4v) is 3.90. The number of halogens is 1. The monoisotopic (exact) mass is 383 g/mol. The van der Waals surface area contributed by atoms with E-state index in [0.717, 1.165) is 23.1 Å². The van der Waals surface area contributed by atoms with E-state index < -0.39 is 0 Å². The first-order chi connectivity index (χ1) is 13.0. The fraction of sp³-hybridized carbons (Fsp3) is 0.286. The van der Waals surface area contributed by atoms with Crippen molar-refractivity contribution in [3.8, 4) is 0 Å². The van der Waals surface area contributed by atoms with E-state index in [1.54, 1.807) is 23.2 Å². The van der Waals surface area contributed by atoms with Gasteiger partial charge in [-0.3, -0.25) is 9.69 Å². The molecule has 1 aliphatic rings. The molecule has 0 unspecified atom stereocenters. The molecule has 1 fully saturated rings. The third-order valence-corrected chi connectivity index (χ3v) is 5.74. The van der Waals surface area contributed by atoms with Gasteiger partial charge in [0.15, 0.2) is 5.17 Å². The van der Waals surface area contributed by atoms with Crippen LogP contribution in [0.15, 0.2) is 52.7 Å². The maximum Gasteiger partial charge on any atom is 0.242 e. The molecule has 0 bridgehead atoms. The lowest BCUT2D eigenvalue weighted by Gasteiger charge is -2.15. The Bertz CT molecular complexity index is 893. The van der Waals surface area contributed by atoms with Crippen molar-refractivity contribution in [3.63, 3.8) is 0 Å². The van der Waals surface area contributed by atoms with Gasteiger partial charge in [0.05, 0.1) is 18.0 Å². The van der Waals surface area contributed by atoms with E-state index in [1.807, 2.05) is 32.9 Å². The summed E-state index contributed by atoms with van der Waals surface area (Å²) in [4.78, 5) is 14.3. The summed E-state index contributed by atoms with van der Waals surface area (Å²) < 4.78 is 13.1. The average molecular weight is 383 g/mol. The van der Waals surface area contributed by atoms with Crippen LogP contribution in [0.25, 0.3) is 0 Å². The van der Waals surface area contributed by atoms with Gasteiger partial charge in [-0.05, 0) is 49.1 Å². The summed E-state index contributed by atoms with van der Waals surface area (Å²) in [7, 11) is 0. The second-order valence-corrected chi connectivity index (χ2v) is 7.72. The highest BCUT2D eigenvalue weighted by Gasteiger charge is 2.36. The van der Waals surface area contributed by atoms with Crippen LogP contribution in [0, 0.1) is 19.7 Å². The van der Waals surface area contributed by atoms with Gasteiger partial charge in [-0.2, -0.15) is 5.10 Å². The first-order valence-corrected chi connectivity index (χ1v) is 9.76. The zero-order valence-electron chi connectivity index (χ0n) is 15.6. The topological polar surface area (TPSA) is 45.0 Å². The van der Waals surface area contributed by atoms with Crippen LogP contribution in [0.1, 0.15) is 35.6 Å². The van der Waals surface area contributed by atoms with Gasteiger partial charge in [0.1, 0.15) is 5.82 Å². The van der Waals surface area contributed by atoms with Crippen LogP contribution in [-0.4, -0.2) is 27.4 Å². The molecule has 0 radical (unpaired) electrons. The second kappa shape index (κ2) is 8.48. The summed E-state index contributed by atoms with van der Waals surface area (Å²) in [5.41, 5.74) is 4.18. The number of thioether (sulfide) groups is 1. The number of carbonyl (C=O) groups is 1. The molecule has 3 rings (SSSR count). The highest BCUT2D eigenvalue weighted by atomic mass is 32.2. The molecule has 140 valence electrons. The van der Waals surface area contributed by atoms with Crippen LogP contribution in [0.3, 0.4) is 0 Å². The van der Waals surface area contributed by atoms with Gasteiger partial charge in [0.2, 0.25) is 5.91 Å². The van der Waals surface area contributed by atoms with Crippen molar-refractivity contribution in [2.75, 3.05) is 0 Å². The first-order valence-electron chi connectivity index (χ1n) is 8.88. The van der Waals surface area contributed by atoms with Crippen LogP contribution >= 0.6 is 11.8 Å². The van der Waals surface area contributed by atoms with E-state index in [0.29, 0.717) is 11.7 Å². The van der Waals surface area contributed by atoms with Gasteiger partial charge < -0.3 is 0 Å². The van der Waals surface area contributed by atoms with Crippen molar-refractivity contribution < 1.29 is 9.18 Å². The van der Waals surface area contributed by atoms with E-state index in [2.05, 4.69) is 16.3 Å². The van der Waals surface area contributed by atoms with Gasteiger partial charge >= 0.3 is 0 Å². The summed E-state index contributed by atoms with van der Waals surface area (Å²) in [6.45, 7) is 6.42. The Balaban J connectivity index is 1.81. The molecule has 1 saturated heterocycles. The zero-order valence-corrected chi connectivity index (χ0v) is 16.5. The normalized spacial score (nSPS) is 18.8. The largest absolute Gasteiger partial charge is 0.284 e. The Morgan fingerprint density at radius 1 is 1.19 bits per heavy atom. The number of aryl methyl sites for hydroxylation is 2. The quantitative estimate of drug-likeness (QED) is 0.556. The highest BCUT2D eigenvalue weighted by Crippen LogP contribution is 2.30. The molecule has 1 aliphatic heterocycles. The van der Waals surface area contributed by atoms with Gasteiger partial charge in [-0.1, -0.05) is 54.6 Å². The first kappa shape index (κ1) is 19.3. The number of amides is 1. The predicted octanol–water partition coefficient (Wildman–Crippen LogP) is 4.69. The molecule has 1 atom stereocenters. The molecule has 0 aromatic heterocycles. The lowest BCUT2D eigenvalue weighted by Crippen LogP contribution is -2.31. The minimum atomic E-state index is -0.292. The molecule has 4 nitrogen and oxygen atoms in total. The molecule has 6 heteroatoms. The van der Waals surface area contributed by atoms with Crippen molar-refractivity contribution in [2.24, 2.45) is 10.2 Å². The van der Waals surface area contributed by atoms with E-state index in [4.69, 9.17) is 0 Å². The molecule has 2 aromatic carbocycles. The maximum atomic E-state index is 13.1. The van der Waals surface area contributed by atoms with Gasteiger partial charge in [0, 0.05) is 0 Å². The van der Waals surface area contributed by atoms with E-state index in [9.17, 15) is 9.18 Å². The highest BCUT2D eigenvalue weighted by molar-refractivity contribution is 8.15. The van der Waals surface area contributed by atoms with Crippen LogP contribution in [0.2, 0.25) is 0 Å². The van der Waals surface area contributed by atoms with Crippen molar-refractivity contribution in [2.45, 2.75) is 39.0 Å². The lowest BCUT2D eigenvalue weighted by molar-refractivity contribution is -0.126. The molecule has 27 heavy (non-hydrogen) atoms. The summed E-state index contributed by atoms with van der Waals surface area (Å²) in [6.07, 6.45) is 2.44. The number of amidine groups is 1. The standard InChI is InChI=1S/C21H22FN3OS/c1-4-19-20(26)25(13-16-6-9-18(22)10-7-16)21(27-19)24-23-12-17-8-5-14(2)11-15(17)3/h5-12,19H,4,13H2,1-3H3/b23-12-,24-21-/t19-/m1/s1. The molecule has 0 aliphatic carbocycles. The van der Waals surface area contributed by atoms with E-state index in [-0.39, 0.29) is 17.0 Å². The molecular formula is C21H22FN3OS. The summed E-state index contributed by atoms with van der Waals surface area (Å²) in [5, 5.41) is 8.95. The van der Waals surface area contributed by atoms with Gasteiger partial charge in [-0.25, -0.2) is 4.39 Å². The third-order valence-electron chi connectivity index (χ3n) is 4.41. The molecule has 0 spiro atoms. The SMILES string of the molecule is CC[C@H]1S/C(=N\N=C/c2ccc(C)cc2C)N(Cc2ccc(F)cc2)C1=O. The number of hydrogen-bond acceptors (Lipinski definition) is 4. The zero-order chi connectivity index (χ0) is 19.4. The third kappa shape index (κ3) is 4.63. The Kier molecular flexibility index (Phi) is 6.06. The smallest absolute Gasteiger partial charge is 0.242 e. The molecular weight excluding hydrogens is 361 g/mol. The van der Waals surface area contributed by atoms with E-state index in [1.165, 1.54) is 29.5 Å². The molecule has 2 aromatic rings. The predicted molar refractivity (Wildman–Crippen MR) is 110 cm³/mol. The number of carbonyl (C=O) groups excluding carboxylic acids is 1. The van der Waals surface area contributed by atoms with Crippen molar-refractivity contribution in [1.82, 2.24) is 4.90 Å². The summed E-state index contributed by atoms with van der Waals surface area (Å²) in [5.74, 6) is -0.272. The Morgan fingerprint density at radius 3 is 2.59 bits per heavy atom. The van der Waals surface area contributed by atoms with Crippen molar-refractivity contribution in [3.05, 3.63) is 70.5 Å². The molecule has 0 N–H and O–H groups in total. The van der Waals surface area contributed by atoms with Gasteiger partial charge in [-0.15, -0.1) is 5.10 Å². The average Bonchev–Trinajstić information content (AvgIpc) is 2.94. The summed E-state index contributed by atoms with van der Waals surface area (Å²) >= 11 is 1.43. The maximum absolute atomic E-state index is 13.1.